The fraction of sp³-hybridized carbons (Fsp3) is 0.136. The number of aryl methyl sites for hydroxylation is 1. The molecule has 6 heteroatoms. The van der Waals surface area contributed by atoms with E-state index in [1.54, 1.807) is 36.7 Å². The van der Waals surface area contributed by atoms with Crippen molar-refractivity contribution in [3.05, 3.63) is 95.7 Å². The van der Waals surface area contributed by atoms with Crippen molar-refractivity contribution in [3.8, 4) is 5.75 Å². The molecule has 0 unspecified atom stereocenters. The van der Waals surface area contributed by atoms with E-state index in [-0.39, 0.29) is 5.91 Å². The van der Waals surface area contributed by atoms with Gasteiger partial charge in [-0.05, 0) is 60.5 Å². The summed E-state index contributed by atoms with van der Waals surface area (Å²) < 4.78 is 7.80. The van der Waals surface area contributed by atoms with Crippen LogP contribution in [0.25, 0.3) is 5.65 Å². The lowest BCUT2D eigenvalue weighted by Crippen LogP contribution is -2.22. The summed E-state index contributed by atoms with van der Waals surface area (Å²) >= 11 is 0. The third kappa shape index (κ3) is 4.01. The van der Waals surface area contributed by atoms with E-state index < -0.39 is 0 Å². The Balaban J connectivity index is 1.34. The maximum atomic E-state index is 12.3. The molecule has 0 atom stereocenters. The van der Waals surface area contributed by atoms with Crippen LogP contribution in [-0.4, -0.2) is 20.3 Å². The van der Waals surface area contributed by atoms with Crippen molar-refractivity contribution in [2.24, 2.45) is 0 Å². The van der Waals surface area contributed by atoms with Crippen LogP contribution in [0.1, 0.15) is 27.2 Å². The molecule has 0 aliphatic heterocycles. The minimum Gasteiger partial charge on any atom is -0.487 e. The van der Waals surface area contributed by atoms with Crippen LogP contribution >= 0.6 is 0 Å². The van der Waals surface area contributed by atoms with Crippen molar-refractivity contribution in [1.82, 2.24) is 19.7 Å². The zero-order valence-corrected chi connectivity index (χ0v) is 15.5. The highest BCUT2D eigenvalue weighted by molar-refractivity contribution is 5.94. The van der Waals surface area contributed by atoms with Gasteiger partial charge >= 0.3 is 0 Å². The molecule has 1 N–H and O–H groups in total. The van der Waals surface area contributed by atoms with E-state index in [1.165, 1.54) is 0 Å². The second-order valence-electron chi connectivity index (χ2n) is 6.51. The van der Waals surface area contributed by atoms with E-state index in [0.717, 1.165) is 22.5 Å². The quantitative estimate of drug-likeness (QED) is 0.562. The number of benzene rings is 1. The van der Waals surface area contributed by atoms with Crippen LogP contribution in [0.2, 0.25) is 0 Å². The highest BCUT2D eigenvalue weighted by atomic mass is 16.5. The molecule has 1 aromatic carbocycles. The number of ether oxygens (including phenoxy) is 1. The highest BCUT2D eigenvalue weighted by Gasteiger charge is 2.07. The van der Waals surface area contributed by atoms with Crippen molar-refractivity contribution in [2.45, 2.75) is 20.1 Å². The first-order valence-electron chi connectivity index (χ1n) is 9.02. The molecule has 0 aliphatic carbocycles. The zero-order chi connectivity index (χ0) is 19.3. The molecule has 4 rings (SSSR count). The molecule has 0 bridgehead atoms. The molecular formula is C22H20N4O2. The number of pyridine rings is 2. The Labute approximate surface area is 162 Å². The minimum absolute atomic E-state index is 0.126. The van der Waals surface area contributed by atoms with Gasteiger partial charge in [-0.15, -0.1) is 0 Å². The van der Waals surface area contributed by atoms with E-state index >= 15 is 0 Å². The zero-order valence-electron chi connectivity index (χ0n) is 15.5. The average Bonchev–Trinajstić information content (AvgIpc) is 3.16. The number of carbonyl (C=O) groups is 1. The van der Waals surface area contributed by atoms with Gasteiger partial charge in [0.1, 0.15) is 18.0 Å². The summed E-state index contributed by atoms with van der Waals surface area (Å²) in [4.78, 5) is 20.8. The van der Waals surface area contributed by atoms with Gasteiger partial charge in [0.05, 0.1) is 5.69 Å². The number of nitrogens with zero attached hydrogens (tertiary/aromatic N) is 3. The first kappa shape index (κ1) is 17.7. The third-order valence-electron chi connectivity index (χ3n) is 4.43. The number of rotatable bonds is 6. The summed E-state index contributed by atoms with van der Waals surface area (Å²) in [6.07, 6.45) is 7.34. The number of imidazole rings is 1. The average molecular weight is 372 g/mol. The van der Waals surface area contributed by atoms with Gasteiger partial charge in [-0.3, -0.25) is 9.78 Å². The number of hydrogen-bond acceptors (Lipinski definition) is 4. The Kier molecular flexibility index (Phi) is 5.01. The maximum Gasteiger partial charge on any atom is 0.251 e. The molecule has 0 radical (unpaired) electrons. The number of aromatic nitrogens is 3. The highest BCUT2D eigenvalue weighted by Crippen LogP contribution is 2.16. The van der Waals surface area contributed by atoms with Gasteiger partial charge in [-0.2, -0.15) is 0 Å². The van der Waals surface area contributed by atoms with Crippen molar-refractivity contribution in [1.29, 1.82) is 0 Å². The van der Waals surface area contributed by atoms with Crippen LogP contribution in [0.15, 0.2) is 73.3 Å². The van der Waals surface area contributed by atoms with Gasteiger partial charge in [0.2, 0.25) is 0 Å². The van der Waals surface area contributed by atoms with Crippen molar-refractivity contribution < 1.29 is 9.53 Å². The smallest absolute Gasteiger partial charge is 0.251 e. The second kappa shape index (κ2) is 7.92. The molecular weight excluding hydrogens is 352 g/mol. The summed E-state index contributed by atoms with van der Waals surface area (Å²) in [5.74, 6) is 0.568. The Morgan fingerprint density at radius 3 is 2.64 bits per heavy atom. The number of amides is 1. The number of fused-ring (bicyclic) bond motifs is 1. The topological polar surface area (TPSA) is 68.5 Å². The predicted molar refractivity (Wildman–Crippen MR) is 106 cm³/mol. The molecule has 4 aromatic rings. The lowest BCUT2D eigenvalue weighted by molar-refractivity contribution is 0.0951. The van der Waals surface area contributed by atoms with Crippen LogP contribution in [-0.2, 0) is 13.2 Å². The molecule has 0 fully saturated rings. The van der Waals surface area contributed by atoms with E-state index in [0.29, 0.717) is 24.5 Å². The standard InChI is InChI=1S/C22H20N4O2/c1-16-3-2-12-26-14-19(25-21(16)26)15-28-20-6-4-18(5-7-20)22(27)24-13-17-8-10-23-11-9-17/h2-12,14H,13,15H2,1H3,(H,24,27). The maximum absolute atomic E-state index is 12.3. The third-order valence-corrected chi connectivity index (χ3v) is 4.43. The summed E-state index contributed by atoms with van der Waals surface area (Å²) in [5, 5.41) is 2.89. The van der Waals surface area contributed by atoms with Crippen molar-refractivity contribution >= 4 is 11.6 Å². The Morgan fingerprint density at radius 1 is 1.11 bits per heavy atom. The Morgan fingerprint density at radius 2 is 1.89 bits per heavy atom. The number of carbonyl (C=O) groups excluding carboxylic acids is 1. The molecule has 0 aliphatic rings. The van der Waals surface area contributed by atoms with Crippen LogP contribution in [0.5, 0.6) is 5.75 Å². The lowest BCUT2D eigenvalue weighted by atomic mass is 10.2. The predicted octanol–water partition coefficient (Wildman–Crippen LogP) is 3.55. The fourth-order valence-electron chi connectivity index (χ4n) is 2.92. The first-order chi connectivity index (χ1) is 13.7. The molecule has 0 saturated heterocycles. The summed E-state index contributed by atoms with van der Waals surface area (Å²) in [5.41, 5.74) is 4.50. The van der Waals surface area contributed by atoms with Crippen molar-refractivity contribution in [2.75, 3.05) is 0 Å². The largest absolute Gasteiger partial charge is 0.487 e. The molecule has 6 nitrogen and oxygen atoms in total. The molecule has 3 aromatic heterocycles. The number of nitrogens with one attached hydrogen (secondary N) is 1. The molecule has 28 heavy (non-hydrogen) atoms. The Bertz CT molecular complexity index is 1090. The second-order valence-corrected chi connectivity index (χ2v) is 6.51. The fourth-order valence-corrected chi connectivity index (χ4v) is 2.92. The van der Waals surface area contributed by atoms with Crippen LogP contribution in [0.3, 0.4) is 0 Å². The van der Waals surface area contributed by atoms with Gasteiger partial charge in [0.15, 0.2) is 0 Å². The van der Waals surface area contributed by atoms with Crippen LogP contribution < -0.4 is 10.1 Å². The Hall–Kier alpha value is -3.67. The summed E-state index contributed by atoms with van der Waals surface area (Å²) in [7, 11) is 0. The SMILES string of the molecule is Cc1cccn2cc(COc3ccc(C(=O)NCc4ccncc4)cc3)nc12. The minimum atomic E-state index is -0.126. The van der Waals surface area contributed by atoms with Crippen LogP contribution in [0.4, 0.5) is 0 Å². The van der Waals surface area contributed by atoms with Gasteiger partial charge in [0.25, 0.3) is 5.91 Å². The lowest BCUT2D eigenvalue weighted by Gasteiger charge is -2.07. The molecule has 3 heterocycles. The number of hydrogen-bond donors (Lipinski definition) is 1. The van der Waals surface area contributed by atoms with E-state index in [4.69, 9.17) is 4.74 Å². The van der Waals surface area contributed by atoms with Gasteiger partial charge in [-0.25, -0.2) is 4.98 Å². The summed E-state index contributed by atoms with van der Waals surface area (Å²) in [6.45, 7) is 2.87. The van der Waals surface area contributed by atoms with Crippen molar-refractivity contribution in [3.63, 3.8) is 0 Å². The summed E-state index contributed by atoms with van der Waals surface area (Å²) in [6, 6.07) is 14.9. The van der Waals surface area contributed by atoms with E-state index in [2.05, 4.69) is 15.3 Å². The molecule has 140 valence electrons. The van der Waals surface area contributed by atoms with E-state index in [9.17, 15) is 4.79 Å². The first-order valence-corrected chi connectivity index (χ1v) is 9.02. The van der Waals surface area contributed by atoms with Gasteiger partial charge in [-0.1, -0.05) is 6.07 Å². The molecule has 1 amide bonds. The van der Waals surface area contributed by atoms with Gasteiger partial charge < -0.3 is 14.5 Å². The monoisotopic (exact) mass is 372 g/mol. The molecule has 0 saturated carbocycles. The van der Waals surface area contributed by atoms with Gasteiger partial charge in [0, 0.05) is 36.9 Å². The van der Waals surface area contributed by atoms with Crippen LogP contribution in [0, 0.1) is 6.92 Å². The van der Waals surface area contributed by atoms with E-state index in [1.807, 2.05) is 48.0 Å². The molecule has 0 spiro atoms. The normalized spacial score (nSPS) is 10.8.